The van der Waals surface area contributed by atoms with Crippen molar-refractivity contribution < 1.29 is 19.1 Å². The fourth-order valence-electron chi connectivity index (χ4n) is 2.53. The lowest BCUT2D eigenvalue weighted by Crippen LogP contribution is -2.25. The first-order chi connectivity index (χ1) is 11.8. The maximum atomic E-state index is 11.3. The van der Waals surface area contributed by atoms with Crippen molar-refractivity contribution in [3.63, 3.8) is 0 Å². The van der Waals surface area contributed by atoms with Gasteiger partial charge in [0.1, 0.15) is 24.6 Å². The number of rotatable bonds is 5. The summed E-state index contributed by atoms with van der Waals surface area (Å²) < 4.78 is 11.9. The quantitative estimate of drug-likeness (QED) is 0.623. The van der Waals surface area contributed by atoms with E-state index in [-0.39, 0.29) is 23.6 Å². The Hall–Kier alpha value is -2.68. The van der Waals surface area contributed by atoms with Crippen LogP contribution in [0, 0.1) is 5.92 Å². The Morgan fingerprint density at radius 2 is 2.20 bits per heavy atom. The number of carbonyl (C=O) groups is 2. The zero-order valence-corrected chi connectivity index (χ0v) is 14.4. The van der Waals surface area contributed by atoms with E-state index in [0.717, 1.165) is 5.57 Å². The van der Waals surface area contributed by atoms with Gasteiger partial charge in [-0.15, -0.1) is 0 Å². The van der Waals surface area contributed by atoms with Crippen molar-refractivity contribution in [2.45, 2.75) is 26.4 Å². The lowest BCUT2D eigenvalue weighted by atomic mass is 10.2. The molecule has 1 saturated carbocycles. The van der Waals surface area contributed by atoms with Gasteiger partial charge in [-0.25, -0.2) is 4.98 Å². The van der Waals surface area contributed by atoms with Crippen molar-refractivity contribution in [3.05, 3.63) is 17.1 Å². The normalized spacial score (nSPS) is 19.0. The molecule has 25 heavy (non-hydrogen) atoms. The lowest BCUT2D eigenvalue weighted by Gasteiger charge is -2.15. The van der Waals surface area contributed by atoms with Gasteiger partial charge >= 0.3 is 11.9 Å². The first kappa shape index (κ1) is 17.2. The molecule has 2 aromatic rings. The van der Waals surface area contributed by atoms with Crippen LogP contribution in [0.2, 0.25) is 5.15 Å². The minimum Gasteiger partial charge on any atom is -0.462 e. The van der Waals surface area contributed by atoms with Gasteiger partial charge in [-0.2, -0.15) is 9.97 Å². The Morgan fingerprint density at radius 3 is 2.88 bits per heavy atom. The number of hydrogen-bond acceptors (Lipinski definition) is 8. The molecule has 1 aliphatic rings. The minimum absolute atomic E-state index is 0.0164. The number of nitrogens with zero attached hydrogens (tertiary/aromatic N) is 4. The van der Waals surface area contributed by atoms with E-state index in [2.05, 4.69) is 15.0 Å². The van der Waals surface area contributed by atoms with Gasteiger partial charge in [-0.05, 0) is 12.0 Å². The summed E-state index contributed by atoms with van der Waals surface area (Å²) in [7, 11) is 0. The Balaban J connectivity index is 1.81. The van der Waals surface area contributed by atoms with Gasteiger partial charge in [-0.3, -0.25) is 14.2 Å². The Labute approximate surface area is 147 Å². The largest absolute Gasteiger partial charge is 0.462 e. The van der Waals surface area contributed by atoms with Crippen LogP contribution in [0.1, 0.15) is 20.3 Å². The van der Waals surface area contributed by atoms with Crippen molar-refractivity contribution in [3.8, 4) is 0 Å². The first-order valence-corrected chi connectivity index (χ1v) is 7.89. The van der Waals surface area contributed by atoms with E-state index in [1.165, 1.54) is 13.8 Å². The highest BCUT2D eigenvalue weighted by Crippen LogP contribution is 2.42. The number of esters is 2. The summed E-state index contributed by atoms with van der Waals surface area (Å²) in [4.78, 5) is 34.4. The molecule has 3 rings (SSSR count). The molecule has 0 aromatic carbocycles. The molecule has 2 atom stereocenters. The fraction of sp³-hybridized carbons (Fsp3) is 0.400. The second-order valence-electron chi connectivity index (χ2n) is 5.66. The number of ether oxygens (including phenoxy) is 2. The highest BCUT2D eigenvalue weighted by Gasteiger charge is 2.40. The average molecular weight is 366 g/mol. The molecule has 10 heteroatoms. The van der Waals surface area contributed by atoms with Crippen LogP contribution < -0.4 is 5.73 Å². The molecule has 132 valence electrons. The van der Waals surface area contributed by atoms with Crippen LogP contribution >= 0.6 is 11.6 Å². The molecule has 0 unspecified atom stereocenters. The van der Waals surface area contributed by atoms with Crippen molar-refractivity contribution >= 4 is 46.9 Å². The third kappa shape index (κ3) is 3.87. The van der Waals surface area contributed by atoms with Gasteiger partial charge < -0.3 is 15.2 Å². The number of hydrogen-bond donors (Lipinski definition) is 1. The lowest BCUT2D eigenvalue weighted by molar-refractivity contribution is -0.157. The monoisotopic (exact) mass is 365 g/mol. The second-order valence-corrected chi connectivity index (χ2v) is 6.02. The van der Waals surface area contributed by atoms with Gasteiger partial charge in [0.25, 0.3) is 0 Å². The first-order valence-electron chi connectivity index (χ1n) is 7.52. The van der Waals surface area contributed by atoms with E-state index >= 15 is 0 Å². The van der Waals surface area contributed by atoms with Gasteiger partial charge in [0, 0.05) is 26.0 Å². The van der Waals surface area contributed by atoms with Gasteiger partial charge in [-0.1, -0.05) is 11.6 Å². The Kier molecular flexibility index (Phi) is 4.58. The molecular formula is C15H16ClN5O4. The van der Waals surface area contributed by atoms with Crippen LogP contribution in [0.3, 0.4) is 0 Å². The molecule has 9 nitrogen and oxygen atoms in total. The molecule has 0 saturated heterocycles. The Bertz CT molecular complexity index is 878. The summed E-state index contributed by atoms with van der Waals surface area (Å²) >= 11 is 6.00. The number of nitrogens with two attached hydrogens (primary N) is 1. The van der Waals surface area contributed by atoms with E-state index < -0.39 is 18.0 Å². The maximum absolute atomic E-state index is 11.3. The number of carbonyl (C=O) groups excluding carboxylic acids is 2. The van der Waals surface area contributed by atoms with Crippen LogP contribution in [0.15, 0.2) is 11.9 Å². The van der Waals surface area contributed by atoms with Crippen LogP contribution in [0.4, 0.5) is 5.95 Å². The smallest absolute Gasteiger partial charge is 0.303 e. The zero-order valence-electron chi connectivity index (χ0n) is 13.6. The fourth-order valence-corrected chi connectivity index (χ4v) is 2.75. The summed E-state index contributed by atoms with van der Waals surface area (Å²) in [6.45, 7) is 2.64. The summed E-state index contributed by atoms with van der Waals surface area (Å²) in [5, 5.41) is 0.180. The van der Waals surface area contributed by atoms with E-state index in [0.29, 0.717) is 17.6 Å². The Morgan fingerprint density at radius 1 is 1.44 bits per heavy atom. The topological polar surface area (TPSA) is 122 Å². The van der Waals surface area contributed by atoms with E-state index in [4.69, 9.17) is 26.8 Å². The van der Waals surface area contributed by atoms with Crippen LogP contribution in [-0.2, 0) is 19.1 Å². The van der Waals surface area contributed by atoms with E-state index in [1.54, 1.807) is 10.9 Å². The molecule has 0 aliphatic heterocycles. The number of anilines is 1. The molecule has 0 amide bonds. The molecule has 0 radical (unpaired) electrons. The highest BCUT2D eigenvalue weighted by atomic mass is 35.5. The van der Waals surface area contributed by atoms with Crippen molar-refractivity contribution in [2.24, 2.45) is 5.92 Å². The SMILES string of the molecule is CC(=O)OC[C@@H](OC(C)=O)[C@@H]1C/C1=C\n1cnc2c(Cl)nc(N)nc21. The van der Waals surface area contributed by atoms with Crippen LogP contribution in [0.5, 0.6) is 0 Å². The van der Waals surface area contributed by atoms with Crippen LogP contribution in [0.25, 0.3) is 17.4 Å². The summed E-state index contributed by atoms with van der Waals surface area (Å²) in [6, 6.07) is 0. The summed E-state index contributed by atoms with van der Waals surface area (Å²) in [5.41, 5.74) is 7.56. The molecule has 2 aromatic heterocycles. The van der Waals surface area contributed by atoms with Gasteiger partial charge in [0.2, 0.25) is 5.95 Å². The number of nitrogen functional groups attached to an aromatic ring is 1. The summed E-state index contributed by atoms with van der Waals surface area (Å²) in [5.74, 6) is -0.831. The number of aromatic nitrogens is 4. The van der Waals surface area contributed by atoms with Crippen molar-refractivity contribution in [1.82, 2.24) is 19.5 Å². The number of halogens is 1. The third-order valence-corrected chi connectivity index (χ3v) is 3.95. The minimum atomic E-state index is -0.522. The predicted octanol–water partition coefficient (Wildman–Crippen LogP) is 1.42. The standard InChI is InChI=1S/C15H16ClN5O4/c1-7(22)24-5-11(25-8(2)23)10-3-9(10)4-21-6-18-12-13(16)19-15(17)20-14(12)21/h4,6,10-11H,3,5H2,1-2H3,(H2,17,19,20)/b9-4+/t10-,11-/m1/s1. The molecule has 2 N–H and O–H groups in total. The summed E-state index contributed by atoms with van der Waals surface area (Å²) in [6.07, 6.45) is 3.56. The molecule has 0 spiro atoms. The van der Waals surface area contributed by atoms with Gasteiger partial charge in [0.15, 0.2) is 10.8 Å². The van der Waals surface area contributed by atoms with Gasteiger partial charge in [0.05, 0.1) is 0 Å². The average Bonchev–Trinajstić information content (AvgIpc) is 3.15. The second kappa shape index (κ2) is 6.67. The maximum Gasteiger partial charge on any atom is 0.303 e. The molecule has 0 bridgehead atoms. The van der Waals surface area contributed by atoms with Crippen LogP contribution in [-0.4, -0.2) is 44.2 Å². The molecule has 2 heterocycles. The van der Waals surface area contributed by atoms with E-state index in [9.17, 15) is 9.59 Å². The predicted molar refractivity (Wildman–Crippen MR) is 89.3 cm³/mol. The number of fused-ring (bicyclic) bond motifs is 1. The van der Waals surface area contributed by atoms with E-state index in [1.807, 2.05) is 6.20 Å². The highest BCUT2D eigenvalue weighted by molar-refractivity contribution is 6.33. The molecular weight excluding hydrogens is 350 g/mol. The third-order valence-electron chi connectivity index (χ3n) is 3.69. The van der Waals surface area contributed by atoms with Crippen molar-refractivity contribution in [1.29, 1.82) is 0 Å². The molecule has 1 fully saturated rings. The number of imidazole rings is 1. The molecule has 1 aliphatic carbocycles. The zero-order chi connectivity index (χ0) is 18.1. The van der Waals surface area contributed by atoms with Crippen molar-refractivity contribution in [2.75, 3.05) is 12.3 Å².